The highest BCUT2D eigenvalue weighted by molar-refractivity contribution is 6.19. The third-order valence-corrected chi connectivity index (χ3v) is 7.35. The summed E-state index contributed by atoms with van der Waals surface area (Å²) < 4.78 is 6.03. The number of nitrogens with zero attached hydrogens (tertiary/aromatic N) is 1. The van der Waals surface area contributed by atoms with E-state index in [2.05, 4.69) is 30.3 Å². The Balaban J connectivity index is 1.28. The van der Waals surface area contributed by atoms with Gasteiger partial charge in [0, 0.05) is 29.5 Å². The Morgan fingerprint density at radius 3 is 2.26 bits per heavy atom. The van der Waals surface area contributed by atoms with E-state index in [-0.39, 0.29) is 12.3 Å². The number of carboxylic acid groups (broad SMARTS) is 1. The van der Waals surface area contributed by atoms with Crippen molar-refractivity contribution in [2.75, 3.05) is 6.61 Å². The van der Waals surface area contributed by atoms with Crippen LogP contribution in [0.5, 0.6) is 5.75 Å². The number of carbonyl (C=O) groups is 2. The first-order valence-electron chi connectivity index (χ1n) is 13.6. The molecule has 2 radical (unpaired) electrons. The molecule has 5 rings (SSSR count). The lowest BCUT2D eigenvalue weighted by Crippen LogP contribution is -2.42. The van der Waals surface area contributed by atoms with Gasteiger partial charge in [-0.3, -0.25) is 9.59 Å². The predicted octanol–water partition coefficient (Wildman–Crippen LogP) is 6.83. The van der Waals surface area contributed by atoms with Crippen molar-refractivity contribution < 1.29 is 19.4 Å². The molecule has 0 atom stereocenters. The molecule has 0 aromatic heterocycles. The Morgan fingerprint density at radius 1 is 0.821 bits per heavy atom. The zero-order valence-corrected chi connectivity index (χ0v) is 22.0. The van der Waals surface area contributed by atoms with Gasteiger partial charge in [0.2, 0.25) is 0 Å². The molecule has 39 heavy (non-hydrogen) atoms. The van der Waals surface area contributed by atoms with Crippen LogP contribution in [0, 0.1) is 0 Å². The standard InChI is InChI=1S/C33H32BNO4/c34-33(19-20-33)35(23-29-10-5-6-11-30(29)39-21-7-1-2-12-31(36)37)32(38)26-16-13-25(14-17-26)28-18-15-24-8-3-4-9-27(24)22-28/h3-6,8-11,13-18,22H,1-2,7,12,19-21,23H2,(H,36,37). The van der Waals surface area contributed by atoms with Gasteiger partial charge in [-0.25, -0.2) is 0 Å². The highest BCUT2D eigenvalue weighted by Crippen LogP contribution is 2.41. The van der Waals surface area contributed by atoms with Gasteiger partial charge in [-0.05, 0) is 78.3 Å². The Kier molecular flexibility index (Phi) is 8.01. The first-order chi connectivity index (χ1) is 18.9. The van der Waals surface area contributed by atoms with E-state index in [1.165, 1.54) is 10.8 Å². The lowest BCUT2D eigenvalue weighted by atomic mass is 9.89. The molecule has 0 heterocycles. The zero-order chi connectivity index (χ0) is 27.2. The van der Waals surface area contributed by atoms with Gasteiger partial charge in [0.15, 0.2) is 0 Å². The van der Waals surface area contributed by atoms with Gasteiger partial charge in [-0.15, -0.1) is 0 Å². The number of ether oxygens (including phenoxy) is 1. The highest BCUT2D eigenvalue weighted by Gasteiger charge is 2.45. The summed E-state index contributed by atoms with van der Waals surface area (Å²) >= 11 is 0. The molecule has 0 aliphatic heterocycles. The number of carbonyl (C=O) groups excluding carboxylic acids is 1. The fourth-order valence-electron chi connectivity index (χ4n) is 4.84. The largest absolute Gasteiger partial charge is 0.493 e. The second-order valence-electron chi connectivity index (χ2n) is 10.3. The molecule has 6 heteroatoms. The summed E-state index contributed by atoms with van der Waals surface area (Å²) in [5.41, 5.74) is 3.02. The summed E-state index contributed by atoms with van der Waals surface area (Å²) in [4.78, 5) is 26.2. The Hall–Kier alpha value is -4.06. The molecule has 0 bridgehead atoms. The maximum absolute atomic E-state index is 13.7. The van der Waals surface area contributed by atoms with E-state index in [1.54, 1.807) is 4.90 Å². The molecule has 0 unspecified atom stereocenters. The minimum Gasteiger partial charge on any atom is -0.493 e. The minimum absolute atomic E-state index is 0.0939. The van der Waals surface area contributed by atoms with E-state index in [1.807, 2.05) is 60.7 Å². The normalized spacial score (nSPS) is 13.6. The summed E-state index contributed by atoms with van der Waals surface area (Å²) in [7, 11) is 6.60. The number of unbranched alkanes of at least 4 members (excludes halogenated alkanes) is 2. The Morgan fingerprint density at radius 2 is 1.51 bits per heavy atom. The van der Waals surface area contributed by atoms with Crippen LogP contribution in [-0.4, -0.2) is 41.8 Å². The third kappa shape index (κ3) is 6.51. The number of hydrogen-bond donors (Lipinski definition) is 1. The summed E-state index contributed by atoms with van der Waals surface area (Å²) in [5.74, 6) is -0.141. The van der Waals surface area contributed by atoms with Crippen LogP contribution in [0.3, 0.4) is 0 Å². The zero-order valence-electron chi connectivity index (χ0n) is 22.0. The highest BCUT2D eigenvalue weighted by atomic mass is 16.5. The quantitative estimate of drug-likeness (QED) is 0.165. The fourth-order valence-corrected chi connectivity index (χ4v) is 4.84. The first kappa shape index (κ1) is 26.5. The maximum Gasteiger partial charge on any atom is 0.303 e. The van der Waals surface area contributed by atoms with Gasteiger partial charge in [0.05, 0.1) is 6.61 Å². The molecule has 4 aromatic carbocycles. The van der Waals surface area contributed by atoms with Gasteiger partial charge in [0.1, 0.15) is 13.6 Å². The monoisotopic (exact) mass is 517 g/mol. The van der Waals surface area contributed by atoms with E-state index < -0.39 is 11.4 Å². The average molecular weight is 517 g/mol. The van der Waals surface area contributed by atoms with Crippen molar-refractivity contribution in [2.24, 2.45) is 0 Å². The van der Waals surface area contributed by atoms with Gasteiger partial charge >= 0.3 is 5.97 Å². The summed E-state index contributed by atoms with van der Waals surface area (Å²) in [6.07, 6.45) is 3.91. The van der Waals surface area contributed by atoms with Crippen LogP contribution in [0.15, 0.2) is 91.0 Å². The topological polar surface area (TPSA) is 66.8 Å². The molecule has 0 saturated heterocycles. The van der Waals surface area contributed by atoms with Crippen molar-refractivity contribution in [2.45, 2.75) is 50.5 Å². The van der Waals surface area contributed by atoms with Crippen molar-refractivity contribution in [3.8, 4) is 16.9 Å². The van der Waals surface area contributed by atoms with Gasteiger partial charge in [-0.2, -0.15) is 0 Å². The predicted molar refractivity (Wildman–Crippen MR) is 155 cm³/mol. The molecule has 1 aliphatic carbocycles. The number of para-hydroxylation sites is 1. The van der Waals surface area contributed by atoms with Crippen molar-refractivity contribution in [1.29, 1.82) is 0 Å². The van der Waals surface area contributed by atoms with E-state index in [4.69, 9.17) is 17.7 Å². The van der Waals surface area contributed by atoms with Crippen molar-refractivity contribution in [1.82, 2.24) is 4.90 Å². The molecule has 1 N–H and O–H groups in total. The second kappa shape index (κ2) is 11.8. The van der Waals surface area contributed by atoms with Gasteiger partial charge in [-0.1, -0.05) is 66.7 Å². The van der Waals surface area contributed by atoms with E-state index in [0.717, 1.165) is 48.1 Å². The van der Waals surface area contributed by atoms with Crippen LogP contribution < -0.4 is 4.74 Å². The number of benzene rings is 4. The van der Waals surface area contributed by atoms with Gasteiger partial charge in [0.25, 0.3) is 5.91 Å². The average Bonchev–Trinajstić information content (AvgIpc) is 3.71. The number of amides is 1. The van der Waals surface area contributed by atoms with E-state index in [9.17, 15) is 9.59 Å². The molecular weight excluding hydrogens is 485 g/mol. The number of rotatable bonds is 12. The number of hydrogen-bond acceptors (Lipinski definition) is 3. The summed E-state index contributed by atoms with van der Waals surface area (Å²) in [6, 6.07) is 30.1. The molecule has 0 spiro atoms. The number of fused-ring (bicyclic) bond motifs is 1. The molecule has 1 amide bonds. The van der Waals surface area contributed by atoms with Crippen molar-refractivity contribution >= 4 is 30.5 Å². The van der Waals surface area contributed by atoms with Crippen LogP contribution >= 0.6 is 0 Å². The molecular formula is C33H32BNO4. The first-order valence-corrected chi connectivity index (χ1v) is 13.6. The summed E-state index contributed by atoms with van der Waals surface area (Å²) in [6.45, 7) is 0.853. The van der Waals surface area contributed by atoms with Crippen LogP contribution in [0.4, 0.5) is 0 Å². The van der Waals surface area contributed by atoms with E-state index in [0.29, 0.717) is 25.1 Å². The minimum atomic E-state index is -0.773. The molecule has 5 nitrogen and oxygen atoms in total. The number of carboxylic acids is 1. The third-order valence-electron chi connectivity index (χ3n) is 7.35. The molecule has 196 valence electrons. The van der Waals surface area contributed by atoms with E-state index >= 15 is 0 Å². The summed E-state index contributed by atoms with van der Waals surface area (Å²) in [5, 5.41) is 11.2. The Bertz CT molecular complexity index is 1460. The lowest BCUT2D eigenvalue weighted by molar-refractivity contribution is -0.137. The molecule has 1 saturated carbocycles. The molecule has 1 fully saturated rings. The van der Waals surface area contributed by atoms with Gasteiger partial charge < -0.3 is 14.7 Å². The van der Waals surface area contributed by atoms with Crippen molar-refractivity contribution in [3.63, 3.8) is 0 Å². The van der Waals surface area contributed by atoms with Crippen molar-refractivity contribution in [3.05, 3.63) is 102 Å². The van der Waals surface area contributed by atoms with Crippen LogP contribution in [0.25, 0.3) is 21.9 Å². The molecule has 4 aromatic rings. The SMILES string of the molecule is [B]C1(N(Cc2ccccc2OCCCCCC(=O)O)C(=O)c2ccc(-c3ccc4ccccc4c3)cc2)CC1. The second-order valence-corrected chi connectivity index (χ2v) is 10.3. The van der Waals surface area contributed by atoms with Crippen LogP contribution in [-0.2, 0) is 11.3 Å². The fraction of sp³-hybridized carbons (Fsp3) is 0.273. The Labute approximate surface area is 230 Å². The number of aliphatic carboxylic acids is 1. The lowest BCUT2D eigenvalue weighted by Gasteiger charge is -2.31. The maximum atomic E-state index is 13.7. The van der Waals surface area contributed by atoms with Crippen LogP contribution in [0.1, 0.15) is 54.4 Å². The van der Waals surface area contributed by atoms with Crippen LogP contribution in [0.2, 0.25) is 0 Å². The smallest absolute Gasteiger partial charge is 0.303 e. The molecule has 1 aliphatic rings.